The zero-order valence-electron chi connectivity index (χ0n) is 10.5. The first-order valence-electron chi connectivity index (χ1n) is 6.38. The third kappa shape index (κ3) is 2.29. The van der Waals surface area contributed by atoms with Gasteiger partial charge in [-0.1, -0.05) is 48.5 Å². The first-order chi connectivity index (χ1) is 9.38. The zero-order chi connectivity index (χ0) is 13.1. The summed E-state index contributed by atoms with van der Waals surface area (Å²) >= 11 is 0. The van der Waals surface area contributed by atoms with Gasteiger partial charge in [-0.05, 0) is 24.5 Å². The Morgan fingerprint density at radius 3 is 2.42 bits per heavy atom. The van der Waals surface area contributed by atoms with Crippen LogP contribution in [0.3, 0.4) is 0 Å². The number of fused-ring (bicyclic) bond motifs is 1. The molecule has 0 aliphatic rings. The van der Waals surface area contributed by atoms with Gasteiger partial charge in [0.2, 0.25) is 0 Å². The van der Waals surface area contributed by atoms with Crippen LogP contribution in [0.5, 0.6) is 0 Å². The van der Waals surface area contributed by atoms with Gasteiger partial charge in [-0.15, -0.1) is 0 Å². The molecule has 0 unspecified atom stereocenters. The molecule has 0 saturated carbocycles. The van der Waals surface area contributed by atoms with E-state index >= 15 is 0 Å². The molecule has 0 N–H and O–H groups in total. The highest BCUT2D eigenvalue weighted by Crippen LogP contribution is 2.26. The Morgan fingerprint density at radius 1 is 0.895 bits per heavy atom. The van der Waals surface area contributed by atoms with Gasteiger partial charge in [0.05, 0.1) is 0 Å². The molecule has 3 aromatic rings. The van der Waals surface area contributed by atoms with Crippen molar-refractivity contribution in [2.75, 3.05) is 0 Å². The number of hydrogen-bond donors (Lipinski definition) is 0. The highest BCUT2D eigenvalue weighted by atomic mass is 16.3. The molecule has 94 valence electrons. The summed E-state index contributed by atoms with van der Waals surface area (Å²) < 4.78 is 5.57. The van der Waals surface area contributed by atoms with E-state index in [4.69, 9.17) is 4.42 Å². The Morgan fingerprint density at radius 2 is 1.63 bits per heavy atom. The van der Waals surface area contributed by atoms with Gasteiger partial charge in [-0.2, -0.15) is 0 Å². The Labute approximate surface area is 111 Å². The average molecular weight is 250 g/mol. The molecule has 0 saturated heterocycles. The summed E-state index contributed by atoms with van der Waals surface area (Å²) in [5.41, 5.74) is 3.06. The van der Waals surface area contributed by atoms with Crippen molar-refractivity contribution >= 4 is 17.3 Å². The topological polar surface area (TPSA) is 30.2 Å². The molecule has 19 heavy (non-hydrogen) atoms. The molecule has 0 fully saturated rings. The van der Waals surface area contributed by atoms with Crippen LogP contribution < -0.4 is 0 Å². The Bertz CT molecular complexity index is 696. The fourth-order valence-electron chi connectivity index (χ4n) is 2.38. The molecular weight excluding hydrogens is 236 g/mol. The van der Waals surface area contributed by atoms with Gasteiger partial charge >= 0.3 is 0 Å². The van der Waals surface area contributed by atoms with Crippen molar-refractivity contribution in [1.82, 2.24) is 0 Å². The second-order valence-electron chi connectivity index (χ2n) is 4.54. The van der Waals surface area contributed by atoms with E-state index in [0.29, 0.717) is 5.76 Å². The van der Waals surface area contributed by atoms with E-state index in [1.165, 1.54) is 5.56 Å². The maximum absolute atomic E-state index is 11.1. The van der Waals surface area contributed by atoms with Crippen LogP contribution in [0, 0.1) is 0 Å². The molecule has 2 heteroatoms. The summed E-state index contributed by atoms with van der Waals surface area (Å²) in [6, 6.07) is 18.1. The van der Waals surface area contributed by atoms with Crippen LogP contribution in [0.4, 0.5) is 0 Å². The fraction of sp³-hybridized carbons (Fsp3) is 0.118. The molecule has 0 atom stereocenters. The summed E-state index contributed by atoms with van der Waals surface area (Å²) in [4.78, 5) is 11.1. The molecule has 2 nitrogen and oxygen atoms in total. The minimum absolute atomic E-state index is 0.456. The largest absolute Gasteiger partial charge is 0.453 e. The van der Waals surface area contributed by atoms with E-state index in [2.05, 4.69) is 12.1 Å². The highest BCUT2D eigenvalue weighted by molar-refractivity contribution is 5.89. The maximum Gasteiger partial charge on any atom is 0.185 e. The molecule has 0 radical (unpaired) electrons. The first-order valence-corrected chi connectivity index (χ1v) is 6.38. The Hall–Kier alpha value is -2.35. The summed E-state index contributed by atoms with van der Waals surface area (Å²) in [7, 11) is 0. The van der Waals surface area contributed by atoms with Crippen molar-refractivity contribution in [3.8, 4) is 0 Å². The molecule has 0 aliphatic carbocycles. The maximum atomic E-state index is 11.1. The third-order valence-corrected chi connectivity index (χ3v) is 3.34. The third-order valence-electron chi connectivity index (χ3n) is 3.34. The molecule has 0 amide bonds. The average Bonchev–Trinajstić information content (AvgIpc) is 2.84. The first kappa shape index (κ1) is 11.7. The summed E-state index contributed by atoms with van der Waals surface area (Å²) in [5, 5.41) is 1.04. The predicted molar refractivity (Wildman–Crippen MR) is 75.5 cm³/mol. The van der Waals surface area contributed by atoms with Crippen molar-refractivity contribution in [2.45, 2.75) is 12.8 Å². The quantitative estimate of drug-likeness (QED) is 0.654. The van der Waals surface area contributed by atoms with Crippen molar-refractivity contribution in [3.63, 3.8) is 0 Å². The van der Waals surface area contributed by atoms with Gasteiger partial charge in [-0.25, -0.2) is 0 Å². The van der Waals surface area contributed by atoms with Crippen LogP contribution in [0.15, 0.2) is 59.0 Å². The number of carbonyl (C=O) groups is 1. The minimum Gasteiger partial charge on any atom is -0.453 e. The fourth-order valence-corrected chi connectivity index (χ4v) is 2.38. The molecule has 0 aliphatic heterocycles. The lowest BCUT2D eigenvalue weighted by Gasteiger charge is -2.00. The van der Waals surface area contributed by atoms with E-state index < -0.39 is 0 Å². The van der Waals surface area contributed by atoms with E-state index in [1.54, 1.807) is 0 Å². The van der Waals surface area contributed by atoms with Gasteiger partial charge in [0.1, 0.15) is 5.58 Å². The monoisotopic (exact) mass is 250 g/mol. The molecule has 2 aromatic carbocycles. The highest BCUT2D eigenvalue weighted by Gasteiger charge is 2.12. The van der Waals surface area contributed by atoms with Gasteiger partial charge < -0.3 is 4.42 Å². The second-order valence-corrected chi connectivity index (χ2v) is 4.54. The van der Waals surface area contributed by atoms with Crippen molar-refractivity contribution in [1.29, 1.82) is 0 Å². The number of furan rings is 1. The predicted octanol–water partition coefficient (Wildman–Crippen LogP) is 4.03. The van der Waals surface area contributed by atoms with Crippen LogP contribution in [0.1, 0.15) is 21.7 Å². The zero-order valence-corrected chi connectivity index (χ0v) is 10.5. The minimum atomic E-state index is 0.456. The molecule has 0 bridgehead atoms. The standard InChI is InChI=1S/C17H14O2/c18-12-17-15(11-10-13-6-2-1-3-7-13)14-8-4-5-9-16(14)19-17/h1-9,12H,10-11H2. The van der Waals surface area contributed by atoms with Crippen LogP contribution in [0.2, 0.25) is 0 Å². The number of rotatable bonds is 4. The number of para-hydroxylation sites is 1. The van der Waals surface area contributed by atoms with Crippen molar-refractivity contribution in [3.05, 3.63) is 71.5 Å². The van der Waals surface area contributed by atoms with Crippen LogP contribution in [-0.4, -0.2) is 6.29 Å². The van der Waals surface area contributed by atoms with Gasteiger partial charge in [-0.3, -0.25) is 4.79 Å². The van der Waals surface area contributed by atoms with E-state index in [-0.39, 0.29) is 0 Å². The van der Waals surface area contributed by atoms with E-state index in [1.807, 2.05) is 42.5 Å². The van der Waals surface area contributed by atoms with E-state index in [9.17, 15) is 4.79 Å². The molecule has 0 spiro atoms. The second kappa shape index (κ2) is 5.11. The SMILES string of the molecule is O=Cc1oc2ccccc2c1CCc1ccccc1. The number of aryl methyl sites for hydroxylation is 2. The van der Waals surface area contributed by atoms with Crippen LogP contribution in [0.25, 0.3) is 11.0 Å². The van der Waals surface area contributed by atoms with Crippen LogP contribution in [-0.2, 0) is 12.8 Å². The van der Waals surface area contributed by atoms with Gasteiger partial charge in [0.25, 0.3) is 0 Å². The normalized spacial score (nSPS) is 10.7. The number of benzene rings is 2. The number of carbonyl (C=O) groups excluding carboxylic acids is 1. The van der Waals surface area contributed by atoms with Crippen LogP contribution >= 0.6 is 0 Å². The van der Waals surface area contributed by atoms with Gasteiger partial charge in [0, 0.05) is 10.9 Å². The molecule has 1 heterocycles. The number of aldehydes is 1. The number of hydrogen-bond acceptors (Lipinski definition) is 2. The molecule has 1 aromatic heterocycles. The van der Waals surface area contributed by atoms with E-state index in [0.717, 1.165) is 35.7 Å². The molecular formula is C17H14O2. The smallest absolute Gasteiger partial charge is 0.185 e. The summed E-state index contributed by atoms with van der Waals surface area (Å²) in [6.45, 7) is 0. The van der Waals surface area contributed by atoms with Crippen molar-refractivity contribution in [2.24, 2.45) is 0 Å². The Kier molecular flexibility index (Phi) is 3.15. The van der Waals surface area contributed by atoms with Gasteiger partial charge in [0.15, 0.2) is 12.0 Å². The molecule has 3 rings (SSSR count). The summed E-state index contributed by atoms with van der Waals surface area (Å²) in [5.74, 6) is 0.456. The lowest BCUT2D eigenvalue weighted by molar-refractivity contribution is 0.110. The Balaban J connectivity index is 1.93. The lowest BCUT2D eigenvalue weighted by Crippen LogP contribution is -1.93. The lowest BCUT2D eigenvalue weighted by atomic mass is 10.0. The van der Waals surface area contributed by atoms with Crippen molar-refractivity contribution < 1.29 is 9.21 Å². The summed E-state index contributed by atoms with van der Waals surface area (Å²) in [6.07, 6.45) is 2.53.